The molecule has 1 aliphatic heterocycles. The van der Waals surface area contributed by atoms with Crippen LogP contribution in [-0.4, -0.2) is 43.9 Å². The molecule has 0 saturated carbocycles. The Bertz CT molecular complexity index is 914. The maximum atomic E-state index is 12.5. The second-order valence-electron chi connectivity index (χ2n) is 6.83. The summed E-state index contributed by atoms with van der Waals surface area (Å²) in [6, 6.07) is 10.7. The zero-order chi connectivity index (χ0) is 17.2. The lowest BCUT2D eigenvalue weighted by atomic mass is 9.91. The van der Waals surface area contributed by atoms with Crippen molar-refractivity contribution >= 4 is 11.0 Å². The number of aryl methyl sites for hydroxylation is 1. The standard InChI is InChI=1S/C19H23N5O/c1-22-13-17-18(21-22)19(25)24(14-20-17)11-10-23-9-5-8-16(12-23)15-6-3-2-4-7-15/h2-4,6-7,13-14,16H,5,8-12H2,1H3. The van der Waals surface area contributed by atoms with Crippen LogP contribution in [-0.2, 0) is 13.6 Å². The fraction of sp³-hybridized carbons (Fsp3) is 0.421. The molecule has 1 aliphatic rings. The van der Waals surface area contributed by atoms with E-state index in [2.05, 4.69) is 45.3 Å². The molecule has 4 rings (SSSR count). The highest BCUT2D eigenvalue weighted by Crippen LogP contribution is 2.26. The first kappa shape index (κ1) is 16.0. The molecule has 25 heavy (non-hydrogen) atoms. The van der Waals surface area contributed by atoms with Gasteiger partial charge in [0.1, 0.15) is 5.52 Å². The van der Waals surface area contributed by atoms with Crippen LogP contribution in [0.25, 0.3) is 11.0 Å². The lowest BCUT2D eigenvalue weighted by molar-refractivity contribution is 0.200. The molecule has 0 aliphatic carbocycles. The number of aromatic nitrogens is 4. The molecule has 3 aromatic rings. The first-order chi connectivity index (χ1) is 12.2. The van der Waals surface area contributed by atoms with Gasteiger partial charge in [0.05, 0.1) is 12.5 Å². The molecule has 130 valence electrons. The lowest BCUT2D eigenvalue weighted by Gasteiger charge is -2.33. The highest BCUT2D eigenvalue weighted by molar-refractivity contribution is 5.71. The normalized spacial score (nSPS) is 18.7. The maximum Gasteiger partial charge on any atom is 0.281 e. The second-order valence-corrected chi connectivity index (χ2v) is 6.83. The lowest BCUT2D eigenvalue weighted by Crippen LogP contribution is -2.37. The average Bonchev–Trinajstić information content (AvgIpc) is 3.04. The van der Waals surface area contributed by atoms with E-state index in [0.29, 0.717) is 23.5 Å². The first-order valence-electron chi connectivity index (χ1n) is 8.87. The van der Waals surface area contributed by atoms with Gasteiger partial charge in [0.15, 0.2) is 5.52 Å². The molecule has 1 fully saturated rings. The van der Waals surface area contributed by atoms with Crippen LogP contribution in [0.2, 0.25) is 0 Å². The van der Waals surface area contributed by atoms with Gasteiger partial charge in [-0.2, -0.15) is 5.10 Å². The summed E-state index contributed by atoms with van der Waals surface area (Å²) in [5.74, 6) is 0.586. The Balaban J connectivity index is 1.44. The Hall–Kier alpha value is -2.47. The third kappa shape index (κ3) is 3.35. The summed E-state index contributed by atoms with van der Waals surface area (Å²) in [5.41, 5.74) is 2.47. The fourth-order valence-electron chi connectivity index (χ4n) is 3.71. The molecule has 1 aromatic carbocycles. The van der Waals surface area contributed by atoms with Crippen LogP contribution in [0.1, 0.15) is 24.3 Å². The molecule has 0 radical (unpaired) electrons. The average molecular weight is 337 g/mol. The van der Waals surface area contributed by atoms with E-state index in [1.165, 1.54) is 18.4 Å². The number of benzene rings is 1. The van der Waals surface area contributed by atoms with Crippen molar-refractivity contribution in [2.24, 2.45) is 7.05 Å². The molecule has 2 aromatic heterocycles. The van der Waals surface area contributed by atoms with Gasteiger partial charge in [-0.1, -0.05) is 30.3 Å². The predicted octanol–water partition coefficient (Wildman–Crippen LogP) is 2.01. The first-order valence-corrected chi connectivity index (χ1v) is 8.87. The number of nitrogens with zero attached hydrogens (tertiary/aromatic N) is 5. The van der Waals surface area contributed by atoms with Gasteiger partial charge in [-0.05, 0) is 30.9 Å². The van der Waals surface area contributed by atoms with E-state index >= 15 is 0 Å². The van der Waals surface area contributed by atoms with E-state index in [0.717, 1.165) is 19.6 Å². The van der Waals surface area contributed by atoms with Crippen LogP contribution < -0.4 is 5.56 Å². The van der Waals surface area contributed by atoms with Gasteiger partial charge < -0.3 is 4.90 Å². The summed E-state index contributed by atoms with van der Waals surface area (Å²) in [7, 11) is 1.81. The molecule has 0 bridgehead atoms. The van der Waals surface area contributed by atoms with Gasteiger partial charge in [-0.25, -0.2) is 4.98 Å². The molecular weight excluding hydrogens is 314 g/mol. The zero-order valence-corrected chi connectivity index (χ0v) is 14.5. The number of hydrogen-bond donors (Lipinski definition) is 0. The Morgan fingerprint density at radius 2 is 2.04 bits per heavy atom. The third-order valence-electron chi connectivity index (χ3n) is 5.04. The van der Waals surface area contributed by atoms with Crippen molar-refractivity contribution in [1.29, 1.82) is 0 Å². The van der Waals surface area contributed by atoms with Crippen molar-refractivity contribution in [3.8, 4) is 0 Å². The number of rotatable bonds is 4. The van der Waals surface area contributed by atoms with Gasteiger partial charge >= 0.3 is 0 Å². The van der Waals surface area contributed by atoms with Crippen molar-refractivity contribution in [2.45, 2.75) is 25.3 Å². The minimum absolute atomic E-state index is 0.0535. The topological polar surface area (TPSA) is 56.0 Å². The molecule has 0 amide bonds. The summed E-state index contributed by atoms with van der Waals surface area (Å²) in [6.45, 7) is 3.67. The van der Waals surface area contributed by atoms with Gasteiger partial charge in [-0.3, -0.25) is 14.0 Å². The highest BCUT2D eigenvalue weighted by Gasteiger charge is 2.21. The molecule has 1 saturated heterocycles. The molecule has 0 spiro atoms. The molecule has 1 atom stereocenters. The molecule has 6 heteroatoms. The summed E-state index contributed by atoms with van der Waals surface area (Å²) < 4.78 is 3.32. The van der Waals surface area contributed by atoms with Gasteiger partial charge in [-0.15, -0.1) is 0 Å². The Morgan fingerprint density at radius 1 is 1.20 bits per heavy atom. The van der Waals surface area contributed by atoms with Crippen molar-refractivity contribution in [3.05, 3.63) is 58.8 Å². The molecule has 6 nitrogen and oxygen atoms in total. The minimum atomic E-state index is -0.0535. The van der Waals surface area contributed by atoms with Crippen LogP contribution in [0.3, 0.4) is 0 Å². The van der Waals surface area contributed by atoms with E-state index in [1.54, 1.807) is 21.8 Å². The number of likely N-dealkylation sites (tertiary alicyclic amines) is 1. The Kier molecular flexibility index (Phi) is 4.36. The highest BCUT2D eigenvalue weighted by atomic mass is 16.1. The fourth-order valence-corrected chi connectivity index (χ4v) is 3.71. The van der Waals surface area contributed by atoms with E-state index in [9.17, 15) is 4.79 Å². The van der Waals surface area contributed by atoms with E-state index < -0.39 is 0 Å². The van der Waals surface area contributed by atoms with Crippen molar-refractivity contribution in [1.82, 2.24) is 24.2 Å². The molecule has 3 heterocycles. The zero-order valence-electron chi connectivity index (χ0n) is 14.5. The predicted molar refractivity (Wildman–Crippen MR) is 97.6 cm³/mol. The van der Waals surface area contributed by atoms with Crippen LogP contribution in [0.4, 0.5) is 0 Å². The smallest absolute Gasteiger partial charge is 0.281 e. The summed E-state index contributed by atoms with van der Waals surface area (Å²) in [6.07, 6.45) is 5.86. The Morgan fingerprint density at radius 3 is 2.88 bits per heavy atom. The van der Waals surface area contributed by atoms with Crippen LogP contribution in [0, 0.1) is 0 Å². The minimum Gasteiger partial charge on any atom is -0.301 e. The van der Waals surface area contributed by atoms with E-state index in [4.69, 9.17) is 0 Å². The quantitative estimate of drug-likeness (QED) is 0.731. The Labute approximate surface area is 146 Å². The largest absolute Gasteiger partial charge is 0.301 e. The summed E-state index contributed by atoms with van der Waals surface area (Å²) >= 11 is 0. The summed E-state index contributed by atoms with van der Waals surface area (Å²) in [5, 5.41) is 4.23. The van der Waals surface area contributed by atoms with Crippen molar-refractivity contribution in [3.63, 3.8) is 0 Å². The van der Waals surface area contributed by atoms with Gasteiger partial charge in [0, 0.05) is 26.7 Å². The number of piperidine rings is 1. The number of hydrogen-bond acceptors (Lipinski definition) is 4. The maximum absolute atomic E-state index is 12.5. The van der Waals surface area contributed by atoms with Crippen LogP contribution in [0.5, 0.6) is 0 Å². The second kappa shape index (κ2) is 6.80. The van der Waals surface area contributed by atoms with Crippen LogP contribution >= 0.6 is 0 Å². The SMILES string of the molecule is Cn1cc2ncn(CCN3CCCC(c4ccccc4)C3)c(=O)c2n1. The third-order valence-corrected chi connectivity index (χ3v) is 5.04. The monoisotopic (exact) mass is 337 g/mol. The number of fused-ring (bicyclic) bond motifs is 1. The van der Waals surface area contributed by atoms with Gasteiger partial charge in [0.25, 0.3) is 5.56 Å². The molecular formula is C19H23N5O. The summed E-state index contributed by atoms with van der Waals surface area (Å²) in [4.78, 5) is 19.3. The van der Waals surface area contributed by atoms with Gasteiger partial charge in [0.2, 0.25) is 0 Å². The van der Waals surface area contributed by atoms with Crippen molar-refractivity contribution < 1.29 is 0 Å². The molecule has 0 N–H and O–H groups in total. The van der Waals surface area contributed by atoms with Crippen LogP contribution in [0.15, 0.2) is 47.7 Å². The van der Waals surface area contributed by atoms with E-state index in [1.807, 2.05) is 7.05 Å². The van der Waals surface area contributed by atoms with Crippen molar-refractivity contribution in [2.75, 3.05) is 19.6 Å². The van der Waals surface area contributed by atoms with E-state index in [-0.39, 0.29) is 5.56 Å². The molecule has 1 unspecified atom stereocenters.